The molecule has 0 spiro atoms. The molecule has 3 amide bonds. The number of amides is 3. The minimum absolute atomic E-state index is 0.0202. The topological polar surface area (TPSA) is 169 Å². The zero-order valence-corrected chi connectivity index (χ0v) is 30.8. The van der Waals surface area contributed by atoms with Crippen molar-refractivity contribution in [2.24, 2.45) is 5.92 Å². The van der Waals surface area contributed by atoms with E-state index < -0.39 is 11.5 Å². The first-order valence-corrected chi connectivity index (χ1v) is 18.3. The van der Waals surface area contributed by atoms with Gasteiger partial charge in [0.05, 0.1) is 19.0 Å². The third-order valence-electron chi connectivity index (χ3n) is 10.9. The SMILES string of the molecule is CC[C@@H]1C(=O)N(C)c2cnc(Nc3ccc(C(=O)NC4CCN(CCCC(=O)N[C@](C)(C(=O)O)C(C)C)CC4)cc3OC)nc2N1C1CCCC1. The average Bonchev–Trinajstić information content (AvgIpc) is 3.65. The van der Waals surface area contributed by atoms with Crippen LogP contribution in [0.5, 0.6) is 5.75 Å². The van der Waals surface area contributed by atoms with Crippen LogP contribution in [0.25, 0.3) is 0 Å². The number of nitrogens with zero attached hydrogens (tertiary/aromatic N) is 5. The summed E-state index contributed by atoms with van der Waals surface area (Å²) >= 11 is 0. The molecule has 4 N–H and O–H groups in total. The maximum atomic E-state index is 13.3. The van der Waals surface area contributed by atoms with E-state index in [9.17, 15) is 24.3 Å². The Bertz CT molecular complexity index is 1590. The summed E-state index contributed by atoms with van der Waals surface area (Å²) in [6, 6.07) is 5.26. The number of aliphatic carboxylic acids is 1. The molecule has 14 heteroatoms. The lowest BCUT2D eigenvalue weighted by atomic mass is 9.88. The van der Waals surface area contributed by atoms with Gasteiger partial charge in [0.2, 0.25) is 17.8 Å². The Morgan fingerprint density at radius 3 is 2.45 bits per heavy atom. The zero-order chi connectivity index (χ0) is 36.9. The van der Waals surface area contributed by atoms with Crippen molar-refractivity contribution in [1.82, 2.24) is 25.5 Å². The standard InChI is InChI=1S/C37H54N8O6/c1-7-28-34(48)43(5)29-22-38-36(41-32(29)45(28)26-11-8-9-12-26)40-27-15-14-24(21-30(27)51-6)33(47)39-25-16-19-44(20-17-25)18-10-13-31(46)42-37(4,23(2)3)35(49)50/h14-15,21-23,25-26,28H,7-13,16-20H2,1-6H3,(H,39,47)(H,42,46)(H,49,50)(H,38,40,41)/t28-,37+/m1/s1. The van der Waals surface area contributed by atoms with Crippen LogP contribution in [0.3, 0.4) is 0 Å². The van der Waals surface area contributed by atoms with E-state index in [0.717, 1.165) is 64.0 Å². The highest BCUT2D eigenvalue weighted by Gasteiger charge is 2.41. The normalized spacial score (nSPS) is 19.8. The summed E-state index contributed by atoms with van der Waals surface area (Å²) < 4.78 is 5.67. The number of carbonyl (C=O) groups excluding carboxylic acids is 3. The second kappa shape index (κ2) is 16.3. The van der Waals surface area contributed by atoms with E-state index in [0.29, 0.717) is 41.5 Å². The molecular weight excluding hydrogens is 652 g/mol. The van der Waals surface area contributed by atoms with Crippen molar-refractivity contribution in [2.75, 3.05) is 48.9 Å². The summed E-state index contributed by atoms with van der Waals surface area (Å²) in [4.78, 5) is 66.2. The summed E-state index contributed by atoms with van der Waals surface area (Å²) in [5, 5.41) is 18.7. The molecule has 0 unspecified atom stereocenters. The number of ether oxygens (including phenoxy) is 1. The first-order valence-electron chi connectivity index (χ1n) is 18.3. The van der Waals surface area contributed by atoms with Crippen molar-refractivity contribution in [3.63, 3.8) is 0 Å². The second-order valence-corrected chi connectivity index (χ2v) is 14.5. The van der Waals surface area contributed by atoms with E-state index in [4.69, 9.17) is 9.72 Å². The monoisotopic (exact) mass is 706 g/mol. The van der Waals surface area contributed by atoms with Crippen molar-refractivity contribution in [2.45, 2.75) is 109 Å². The molecule has 1 saturated heterocycles. The number of fused-ring (bicyclic) bond motifs is 1. The number of likely N-dealkylation sites (tertiary alicyclic amines) is 1. The van der Waals surface area contributed by atoms with E-state index in [1.165, 1.54) is 0 Å². The van der Waals surface area contributed by atoms with Gasteiger partial charge in [0, 0.05) is 44.2 Å². The zero-order valence-electron chi connectivity index (χ0n) is 30.8. The first-order chi connectivity index (χ1) is 24.4. The van der Waals surface area contributed by atoms with Crippen molar-refractivity contribution < 1.29 is 29.0 Å². The van der Waals surface area contributed by atoms with E-state index in [2.05, 4.69) is 30.7 Å². The Morgan fingerprint density at radius 1 is 1.12 bits per heavy atom. The molecule has 1 aromatic carbocycles. The summed E-state index contributed by atoms with van der Waals surface area (Å²) in [6.07, 6.45) is 9.19. The molecule has 2 aromatic rings. The molecule has 5 rings (SSSR count). The van der Waals surface area contributed by atoms with Gasteiger partial charge in [0.15, 0.2) is 5.82 Å². The number of carboxylic acids is 1. The molecule has 0 radical (unpaired) electrons. The average molecular weight is 707 g/mol. The molecule has 278 valence electrons. The highest BCUT2D eigenvalue weighted by Crippen LogP contribution is 2.40. The lowest BCUT2D eigenvalue weighted by molar-refractivity contribution is -0.149. The number of anilines is 4. The van der Waals surface area contributed by atoms with Gasteiger partial charge in [-0.3, -0.25) is 14.4 Å². The molecule has 2 atom stereocenters. The Labute approximate surface area is 300 Å². The van der Waals surface area contributed by atoms with Crippen molar-refractivity contribution in [1.29, 1.82) is 0 Å². The van der Waals surface area contributed by atoms with Gasteiger partial charge >= 0.3 is 5.97 Å². The van der Waals surface area contributed by atoms with Gasteiger partial charge in [-0.05, 0) is 76.1 Å². The number of hydrogen-bond donors (Lipinski definition) is 4. The number of carboxylic acid groups (broad SMARTS) is 1. The molecular formula is C37H54N8O6. The van der Waals surface area contributed by atoms with Crippen LogP contribution < -0.4 is 30.5 Å². The number of methoxy groups -OCH3 is 1. The largest absolute Gasteiger partial charge is 0.495 e. The Morgan fingerprint density at radius 2 is 1.82 bits per heavy atom. The number of benzene rings is 1. The highest BCUT2D eigenvalue weighted by atomic mass is 16.5. The van der Waals surface area contributed by atoms with Crippen LogP contribution in [0.2, 0.25) is 0 Å². The summed E-state index contributed by atoms with van der Waals surface area (Å²) in [5.74, 6) is -0.0414. The molecule has 1 saturated carbocycles. The fourth-order valence-corrected chi connectivity index (χ4v) is 7.33. The van der Waals surface area contributed by atoms with Crippen LogP contribution in [0.15, 0.2) is 24.4 Å². The van der Waals surface area contributed by atoms with Gasteiger partial charge in [-0.15, -0.1) is 0 Å². The van der Waals surface area contributed by atoms with Gasteiger partial charge in [-0.2, -0.15) is 4.98 Å². The van der Waals surface area contributed by atoms with Crippen LogP contribution in [-0.2, 0) is 14.4 Å². The smallest absolute Gasteiger partial charge is 0.329 e. The molecule has 2 fully saturated rings. The van der Waals surface area contributed by atoms with Gasteiger partial charge < -0.3 is 40.5 Å². The molecule has 2 aliphatic heterocycles. The Kier molecular flexibility index (Phi) is 12.0. The fraction of sp³-hybridized carbons (Fsp3) is 0.622. The number of likely N-dealkylation sites (N-methyl/N-ethyl adjacent to an activating group) is 1. The van der Waals surface area contributed by atoms with Crippen LogP contribution in [0, 0.1) is 5.92 Å². The molecule has 3 aliphatic rings. The number of carbonyl (C=O) groups is 4. The second-order valence-electron chi connectivity index (χ2n) is 14.5. The number of aromatic nitrogens is 2. The fourth-order valence-electron chi connectivity index (χ4n) is 7.33. The quantitative estimate of drug-likeness (QED) is 0.221. The molecule has 14 nitrogen and oxygen atoms in total. The first kappa shape index (κ1) is 37.8. The minimum atomic E-state index is -1.29. The molecule has 1 aliphatic carbocycles. The van der Waals surface area contributed by atoms with E-state index in [1.807, 2.05) is 6.92 Å². The lowest BCUT2D eigenvalue weighted by Gasteiger charge is -2.43. The summed E-state index contributed by atoms with van der Waals surface area (Å²) in [7, 11) is 3.33. The van der Waals surface area contributed by atoms with Crippen LogP contribution >= 0.6 is 0 Å². The number of hydrogen-bond acceptors (Lipinski definition) is 10. The van der Waals surface area contributed by atoms with Gasteiger partial charge in [0.1, 0.15) is 23.0 Å². The van der Waals surface area contributed by atoms with Gasteiger partial charge in [0.25, 0.3) is 5.91 Å². The van der Waals surface area contributed by atoms with E-state index in [1.54, 1.807) is 64.2 Å². The maximum absolute atomic E-state index is 13.3. The van der Waals surface area contributed by atoms with Crippen molar-refractivity contribution >= 4 is 46.8 Å². The Hall–Kier alpha value is -4.46. The third-order valence-corrected chi connectivity index (χ3v) is 10.9. The third kappa shape index (κ3) is 8.37. The predicted molar refractivity (Wildman–Crippen MR) is 196 cm³/mol. The number of piperidine rings is 1. The van der Waals surface area contributed by atoms with Gasteiger partial charge in [-0.25, -0.2) is 9.78 Å². The number of nitrogens with one attached hydrogen (secondary N) is 3. The number of rotatable bonds is 14. The van der Waals surface area contributed by atoms with Crippen molar-refractivity contribution in [3.05, 3.63) is 30.0 Å². The molecule has 0 bridgehead atoms. The van der Waals surface area contributed by atoms with Crippen LogP contribution in [0.4, 0.5) is 23.1 Å². The van der Waals surface area contributed by atoms with Crippen molar-refractivity contribution in [3.8, 4) is 5.75 Å². The summed E-state index contributed by atoms with van der Waals surface area (Å²) in [5.41, 5.74) is 0.500. The molecule has 1 aromatic heterocycles. The maximum Gasteiger partial charge on any atom is 0.329 e. The minimum Gasteiger partial charge on any atom is -0.495 e. The van der Waals surface area contributed by atoms with Crippen LogP contribution in [-0.4, -0.2) is 101 Å². The lowest BCUT2D eigenvalue weighted by Crippen LogP contribution is -2.55. The molecule has 3 heterocycles. The Balaban J connectivity index is 1.15. The summed E-state index contributed by atoms with van der Waals surface area (Å²) in [6.45, 7) is 9.45. The van der Waals surface area contributed by atoms with Crippen LogP contribution in [0.1, 0.15) is 95.8 Å². The molecule has 51 heavy (non-hydrogen) atoms. The van der Waals surface area contributed by atoms with E-state index >= 15 is 0 Å². The van der Waals surface area contributed by atoms with E-state index in [-0.39, 0.29) is 48.2 Å². The predicted octanol–water partition coefficient (Wildman–Crippen LogP) is 4.32. The highest BCUT2D eigenvalue weighted by molar-refractivity contribution is 6.04. The van der Waals surface area contributed by atoms with Gasteiger partial charge in [-0.1, -0.05) is 33.6 Å².